The van der Waals surface area contributed by atoms with E-state index in [1.807, 2.05) is 17.4 Å². The van der Waals surface area contributed by atoms with Gasteiger partial charge in [-0.15, -0.1) is 0 Å². The summed E-state index contributed by atoms with van der Waals surface area (Å²) in [6.45, 7) is 5.11. The first-order chi connectivity index (χ1) is 17.8. The first kappa shape index (κ1) is 23.1. The number of aromatic nitrogens is 4. The fraction of sp³-hybridized carbons (Fsp3) is 0.259. The Hall–Kier alpha value is -4.36. The maximum atomic E-state index is 15.7. The predicted molar refractivity (Wildman–Crippen MR) is 135 cm³/mol. The van der Waals surface area contributed by atoms with E-state index in [-0.39, 0.29) is 16.7 Å². The SMILES string of the molecule is Cc1noc2cc(-c3c(-c4ccc(C#N)c(F)c4)nc(N4CCC(C)(N)CC4)n4ccnc34)c(F)cc12. The van der Waals surface area contributed by atoms with Gasteiger partial charge in [0.2, 0.25) is 5.95 Å². The van der Waals surface area contributed by atoms with Crippen molar-refractivity contribution in [3.8, 4) is 28.5 Å². The van der Waals surface area contributed by atoms with Crippen molar-refractivity contribution in [2.75, 3.05) is 18.0 Å². The summed E-state index contributed by atoms with van der Waals surface area (Å²) >= 11 is 0. The summed E-state index contributed by atoms with van der Waals surface area (Å²) in [4.78, 5) is 11.6. The molecule has 2 aromatic carbocycles. The maximum absolute atomic E-state index is 15.7. The second-order valence-electron chi connectivity index (χ2n) is 9.80. The molecule has 0 unspecified atom stereocenters. The van der Waals surface area contributed by atoms with Crippen LogP contribution in [0.5, 0.6) is 0 Å². The van der Waals surface area contributed by atoms with E-state index in [1.165, 1.54) is 18.2 Å². The van der Waals surface area contributed by atoms with Gasteiger partial charge in [-0.3, -0.25) is 4.40 Å². The zero-order valence-electron chi connectivity index (χ0n) is 20.3. The topological polar surface area (TPSA) is 109 Å². The highest BCUT2D eigenvalue weighted by atomic mass is 19.1. The van der Waals surface area contributed by atoms with E-state index >= 15 is 4.39 Å². The van der Waals surface area contributed by atoms with Crippen LogP contribution in [0.1, 0.15) is 31.0 Å². The average Bonchev–Trinajstić information content (AvgIpc) is 3.50. The number of hydrogen-bond acceptors (Lipinski definition) is 7. The average molecular weight is 500 g/mol. The molecular weight excluding hydrogens is 476 g/mol. The Morgan fingerprint density at radius 1 is 1.14 bits per heavy atom. The van der Waals surface area contributed by atoms with Gasteiger partial charge >= 0.3 is 0 Å². The van der Waals surface area contributed by atoms with Crippen molar-refractivity contribution in [1.29, 1.82) is 5.26 Å². The largest absolute Gasteiger partial charge is 0.356 e. The summed E-state index contributed by atoms with van der Waals surface area (Å²) in [7, 11) is 0. The van der Waals surface area contributed by atoms with Gasteiger partial charge in [-0.1, -0.05) is 11.2 Å². The predicted octanol–water partition coefficient (Wildman–Crippen LogP) is 4.98. The fourth-order valence-electron chi connectivity index (χ4n) is 4.89. The molecule has 8 nitrogen and oxygen atoms in total. The Morgan fingerprint density at radius 3 is 2.65 bits per heavy atom. The van der Waals surface area contributed by atoms with Crippen molar-refractivity contribution >= 4 is 22.6 Å². The minimum absolute atomic E-state index is 0.0876. The van der Waals surface area contributed by atoms with Gasteiger partial charge in [0.1, 0.15) is 23.4 Å². The molecule has 0 bridgehead atoms. The van der Waals surface area contributed by atoms with Crippen LogP contribution in [0.4, 0.5) is 14.7 Å². The number of nitriles is 1. The maximum Gasteiger partial charge on any atom is 0.211 e. The molecule has 0 amide bonds. The normalized spacial score (nSPS) is 15.4. The first-order valence-corrected chi connectivity index (χ1v) is 11.9. The summed E-state index contributed by atoms with van der Waals surface area (Å²) < 4.78 is 37.6. The monoisotopic (exact) mass is 499 g/mol. The highest BCUT2D eigenvalue weighted by molar-refractivity contribution is 5.95. The summed E-state index contributed by atoms with van der Waals surface area (Å²) in [5.41, 5.74) is 8.76. The number of halogens is 2. The molecule has 37 heavy (non-hydrogen) atoms. The second kappa shape index (κ2) is 8.35. The van der Waals surface area contributed by atoms with Gasteiger partial charge < -0.3 is 15.2 Å². The van der Waals surface area contributed by atoms with Gasteiger partial charge in [-0.2, -0.15) is 5.26 Å². The number of anilines is 1. The van der Waals surface area contributed by atoms with E-state index in [4.69, 9.17) is 15.2 Å². The van der Waals surface area contributed by atoms with Gasteiger partial charge in [0.15, 0.2) is 5.58 Å². The van der Waals surface area contributed by atoms with Crippen molar-refractivity contribution in [3.63, 3.8) is 0 Å². The zero-order valence-corrected chi connectivity index (χ0v) is 20.3. The van der Waals surface area contributed by atoms with Crippen LogP contribution in [-0.2, 0) is 0 Å². The highest BCUT2D eigenvalue weighted by Crippen LogP contribution is 2.40. The van der Waals surface area contributed by atoms with E-state index < -0.39 is 11.6 Å². The quantitative estimate of drug-likeness (QED) is 0.373. The van der Waals surface area contributed by atoms with Crippen molar-refractivity contribution < 1.29 is 13.3 Å². The lowest BCUT2D eigenvalue weighted by Gasteiger charge is -2.37. The summed E-state index contributed by atoms with van der Waals surface area (Å²) in [5, 5.41) is 13.7. The number of piperidine rings is 1. The van der Waals surface area contributed by atoms with Crippen molar-refractivity contribution in [1.82, 2.24) is 19.5 Å². The minimum Gasteiger partial charge on any atom is -0.356 e. The number of imidazole rings is 1. The van der Waals surface area contributed by atoms with Crippen LogP contribution >= 0.6 is 0 Å². The van der Waals surface area contributed by atoms with Crippen LogP contribution in [0, 0.1) is 29.9 Å². The van der Waals surface area contributed by atoms with Gasteiger partial charge in [0.25, 0.3) is 0 Å². The van der Waals surface area contributed by atoms with Gasteiger partial charge in [-0.25, -0.2) is 18.7 Å². The molecule has 1 aliphatic heterocycles. The van der Waals surface area contributed by atoms with E-state index in [9.17, 15) is 9.65 Å². The number of rotatable bonds is 3. The standard InChI is InChI=1S/C27H23F2N7O/c1-15-18-12-21(29)19(13-22(18)37-34-15)23-24(16-3-4-17(14-30)20(28)11-16)33-26(36-10-7-32-25(23)36)35-8-5-27(2,31)6-9-35/h3-4,7,10-13H,5-6,8-9,31H2,1-2H3. The van der Waals surface area contributed by atoms with Gasteiger partial charge in [0.05, 0.1) is 22.5 Å². The molecule has 4 heterocycles. The zero-order chi connectivity index (χ0) is 25.9. The number of benzene rings is 2. The van der Waals surface area contributed by atoms with Crippen LogP contribution < -0.4 is 10.6 Å². The summed E-state index contributed by atoms with van der Waals surface area (Å²) in [5.74, 6) is -0.592. The molecule has 0 saturated carbocycles. The molecule has 1 saturated heterocycles. The number of hydrogen-bond donors (Lipinski definition) is 1. The Kier molecular flexibility index (Phi) is 5.21. The van der Waals surface area contributed by atoms with Gasteiger partial charge in [0, 0.05) is 47.5 Å². The number of fused-ring (bicyclic) bond motifs is 2. The third-order valence-corrected chi connectivity index (χ3v) is 7.09. The molecule has 6 rings (SSSR count). The van der Waals surface area contributed by atoms with E-state index in [0.29, 0.717) is 58.2 Å². The Labute approximate surface area is 210 Å². The van der Waals surface area contributed by atoms with Crippen LogP contribution in [0.3, 0.4) is 0 Å². The molecule has 0 radical (unpaired) electrons. The van der Waals surface area contributed by atoms with Gasteiger partial charge in [-0.05, 0) is 51.0 Å². The lowest BCUT2D eigenvalue weighted by molar-refractivity contribution is 0.361. The van der Waals surface area contributed by atoms with Crippen molar-refractivity contribution in [2.24, 2.45) is 5.73 Å². The highest BCUT2D eigenvalue weighted by Gasteiger charge is 2.30. The molecule has 0 aliphatic carbocycles. The second-order valence-corrected chi connectivity index (χ2v) is 9.80. The molecule has 5 aromatic rings. The van der Waals surface area contributed by atoms with Crippen LogP contribution in [0.2, 0.25) is 0 Å². The first-order valence-electron chi connectivity index (χ1n) is 11.9. The van der Waals surface area contributed by atoms with Crippen molar-refractivity contribution in [3.05, 3.63) is 65.6 Å². The fourth-order valence-corrected chi connectivity index (χ4v) is 4.89. The lowest BCUT2D eigenvalue weighted by Crippen LogP contribution is -2.48. The number of aryl methyl sites for hydroxylation is 1. The molecule has 0 atom stereocenters. The Bertz CT molecular complexity index is 1720. The van der Waals surface area contributed by atoms with Crippen LogP contribution in [-0.4, -0.2) is 38.2 Å². The molecule has 1 aliphatic rings. The molecule has 0 spiro atoms. The number of nitrogens with zero attached hydrogens (tertiary/aromatic N) is 6. The molecular formula is C27H23F2N7O. The Balaban J connectivity index is 1.64. The van der Waals surface area contributed by atoms with Crippen LogP contribution in [0.25, 0.3) is 39.0 Å². The smallest absolute Gasteiger partial charge is 0.211 e. The molecule has 1 fully saturated rings. The molecule has 3 aromatic heterocycles. The van der Waals surface area contributed by atoms with E-state index in [2.05, 4.69) is 15.0 Å². The molecule has 186 valence electrons. The molecule has 10 heteroatoms. The third kappa shape index (κ3) is 3.79. The summed E-state index contributed by atoms with van der Waals surface area (Å²) in [6.07, 6.45) is 4.93. The lowest BCUT2D eigenvalue weighted by atomic mass is 9.91. The van der Waals surface area contributed by atoms with E-state index in [1.54, 1.807) is 31.5 Å². The minimum atomic E-state index is -0.684. The van der Waals surface area contributed by atoms with E-state index in [0.717, 1.165) is 12.8 Å². The Morgan fingerprint density at radius 2 is 1.92 bits per heavy atom. The third-order valence-electron chi connectivity index (χ3n) is 7.09. The van der Waals surface area contributed by atoms with Crippen LogP contribution in [0.15, 0.2) is 47.2 Å². The van der Waals surface area contributed by atoms with Crippen molar-refractivity contribution in [2.45, 2.75) is 32.2 Å². The number of nitrogens with two attached hydrogens (primary N) is 1. The summed E-state index contributed by atoms with van der Waals surface area (Å²) in [6, 6.07) is 9.03. The molecule has 2 N–H and O–H groups in total.